The quantitative estimate of drug-likeness (QED) is 0.784. The zero-order valence-electron chi connectivity index (χ0n) is 12.6. The molecule has 0 bridgehead atoms. The number of nitrogens with zero attached hydrogens (tertiary/aromatic N) is 1. The molecule has 3 heteroatoms. The Labute approximate surface area is 129 Å². The van der Waals surface area contributed by atoms with Crippen molar-refractivity contribution < 1.29 is 9.90 Å². The lowest BCUT2D eigenvalue weighted by atomic mass is 9.84. The van der Waals surface area contributed by atoms with Crippen molar-refractivity contribution in [3.8, 4) is 11.1 Å². The number of hydrogen-bond donors (Lipinski definition) is 1. The van der Waals surface area contributed by atoms with Crippen molar-refractivity contribution in [2.45, 2.75) is 19.3 Å². The van der Waals surface area contributed by atoms with Gasteiger partial charge in [-0.3, -0.25) is 9.78 Å². The number of rotatable bonds is 3. The van der Waals surface area contributed by atoms with Gasteiger partial charge in [0.1, 0.15) is 0 Å². The predicted octanol–water partition coefficient (Wildman–Crippen LogP) is 4.26. The van der Waals surface area contributed by atoms with E-state index < -0.39 is 11.4 Å². The normalized spacial score (nSPS) is 11.5. The molecule has 0 atom stereocenters. The van der Waals surface area contributed by atoms with Crippen LogP contribution in [0.25, 0.3) is 22.0 Å². The third-order valence-corrected chi connectivity index (χ3v) is 4.08. The van der Waals surface area contributed by atoms with E-state index in [1.165, 1.54) is 0 Å². The van der Waals surface area contributed by atoms with Gasteiger partial charge in [-0.25, -0.2) is 0 Å². The highest BCUT2D eigenvalue weighted by Crippen LogP contribution is 2.28. The van der Waals surface area contributed by atoms with Gasteiger partial charge in [-0.1, -0.05) is 36.4 Å². The monoisotopic (exact) mass is 291 g/mol. The maximum Gasteiger partial charge on any atom is 0.313 e. The van der Waals surface area contributed by atoms with Crippen molar-refractivity contribution in [1.29, 1.82) is 0 Å². The number of fused-ring (bicyclic) bond motifs is 1. The number of pyridine rings is 1. The molecule has 0 fully saturated rings. The third kappa shape index (κ3) is 2.46. The van der Waals surface area contributed by atoms with E-state index in [0.717, 1.165) is 27.6 Å². The summed E-state index contributed by atoms with van der Waals surface area (Å²) < 4.78 is 0. The molecule has 22 heavy (non-hydrogen) atoms. The fourth-order valence-electron chi connectivity index (χ4n) is 2.46. The molecule has 3 aromatic rings. The summed E-state index contributed by atoms with van der Waals surface area (Å²) >= 11 is 0. The van der Waals surface area contributed by atoms with Crippen molar-refractivity contribution in [3.05, 3.63) is 66.4 Å². The molecular formula is C19H17NO2. The van der Waals surface area contributed by atoms with Crippen LogP contribution >= 0.6 is 0 Å². The van der Waals surface area contributed by atoms with E-state index in [4.69, 9.17) is 0 Å². The van der Waals surface area contributed by atoms with Crippen LogP contribution in [0.2, 0.25) is 0 Å². The van der Waals surface area contributed by atoms with Gasteiger partial charge in [0.15, 0.2) is 0 Å². The van der Waals surface area contributed by atoms with E-state index in [-0.39, 0.29) is 0 Å². The summed E-state index contributed by atoms with van der Waals surface area (Å²) in [7, 11) is 0. The maximum absolute atomic E-state index is 11.3. The first-order chi connectivity index (χ1) is 10.5. The molecule has 0 saturated carbocycles. The molecule has 0 aliphatic heterocycles. The van der Waals surface area contributed by atoms with Gasteiger partial charge in [0.25, 0.3) is 0 Å². The largest absolute Gasteiger partial charge is 0.481 e. The average molecular weight is 291 g/mol. The molecule has 1 heterocycles. The fraction of sp³-hybridized carbons (Fsp3) is 0.158. The van der Waals surface area contributed by atoms with Gasteiger partial charge >= 0.3 is 5.97 Å². The van der Waals surface area contributed by atoms with Crippen LogP contribution < -0.4 is 0 Å². The van der Waals surface area contributed by atoms with Crippen LogP contribution in [-0.2, 0) is 10.2 Å². The minimum atomic E-state index is -0.883. The number of hydrogen-bond acceptors (Lipinski definition) is 2. The summed E-state index contributed by atoms with van der Waals surface area (Å²) in [4.78, 5) is 15.6. The van der Waals surface area contributed by atoms with Gasteiger partial charge in [0.05, 0.1) is 10.9 Å². The highest BCUT2D eigenvalue weighted by Gasteiger charge is 2.29. The zero-order valence-corrected chi connectivity index (χ0v) is 12.6. The number of carboxylic acid groups (broad SMARTS) is 1. The first-order valence-corrected chi connectivity index (χ1v) is 7.17. The molecular weight excluding hydrogens is 274 g/mol. The van der Waals surface area contributed by atoms with Crippen LogP contribution in [0.15, 0.2) is 60.8 Å². The molecule has 0 radical (unpaired) electrons. The van der Waals surface area contributed by atoms with Crippen LogP contribution in [0.5, 0.6) is 0 Å². The topological polar surface area (TPSA) is 50.2 Å². The maximum atomic E-state index is 11.3. The fourth-order valence-corrected chi connectivity index (χ4v) is 2.46. The van der Waals surface area contributed by atoms with E-state index in [1.807, 2.05) is 48.5 Å². The number of carboxylic acids is 1. The molecule has 0 aliphatic rings. The van der Waals surface area contributed by atoms with Crippen molar-refractivity contribution >= 4 is 16.9 Å². The molecule has 0 aliphatic carbocycles. The molecule has 3 rings (SSSR count). The number of benzene rings is 2. The SMILES string of the molecule is CC(C)(C(=O)O)c1ccc(-c2ccc3ncccc3c2)cc1. The van der Waals surface area contributed by atoms with Crippen molar-refractivity contribution in [1.82, 2.24) is 4.98 Å². The lowest BCUT2D eigenvalue weighted by Gasteiger charge is -2.19. The Morgan fingerprint density at radius 1 is 1.00 bits per heavy atom. The highest BCUT2D eigenvalue weighted by atomic mass is 16.4. The number of aliphatic carboxylic acids is 1. The van der Waals surface area contributed by atoms with E-state index >= 15 is 0 Å². The van der Waals surface area contributed by atoms with Crippen LogP contribution in [0.3, 0.4) is 0 Å². The molecule has 1 aromatic heterocycles. The standard InChI is InChI=1S/C19H17NO2/c1-19(2,18(21)22)16-8-5-13(6-9-16)14-7-10-17-15(12-14)4-3-11-20-17/h3-12H,1-2H3,(H,21,22). The zero-order chi connectivity index (χ0) is 15.7. The second kappa shape index (κ2) is 5.26. The smallest absolute Gasteiger partial charge is 0.313 e. The molecule has 0 saturated heterocycles. The summed E-state index contributed by atoms with van der Waals surface area (Å²) in [5.74, 6) is -0.822. The Balaban J connectivity index is 1.99. The summed E-state index contributed by atoms with van der Waals surface area (Å²) in [6.45, 7) is 3.43. The Morgan fingerprint density at radius 2 is 1.68 bits per heavy atom. The van der Waals surface area contributed by atoms with Gasteiger partial charge in [-0.05, 0) is 48.7 Å². The predicted molar refractivity (Wildman–Crippen MR) is 87.8 cm³/mol. The number of aromatic nitrogens is 1. The molecule has 110 valence electrons. The molecule has 0 unspecified atom stereocenters. The first kappa shape index (κ1) is 14.3. The summed E-state index contributed by atoms with van der Waals surface area (Å²) in [5, 5.41) is 10.4. The van der Waals surface area contributed by atoms with E-state index in [0.29, 0.717) is 0 Å². The van der Waals surface area contributed by atoms with Crippen LogP contribution in [0, 0.1) is 0 Å². The van der Waals surface area contributed by atoms with Gasteiger partial charge in [0, 0.05) is 11.6 Å². The van der Waals surface area contributed by atoms with E-state index in [2.05, 4.69) is 11.1 Å². The number of carbonyl (C=O) groups is 1. The second-order valence-electron chi connectivity index (χ2n) is 5.92. The van der Waals surface area contributed by atoms with Crippen molar-refractivity contribution in [3.63, 3.8) is 0 Å². The summed E-state index contributed by atoms with van der Waals surface area (Å²) in [5.41, 5.74) is 3.04. The Hall–Kier alpha value is -2.68. The molecule has 3 nitrogen and oxygen atoms in total. The lowest BCUT2D eigenvalue weighted by Crippen LogP contribution is -2.28. The van der Waals surface area contributed by atoms with Crippen molar-refractivity contribution in [2.75, 3.05) is 0 Å². The van der Waals surface area contributed by atoms with Crippen LogP contribution in [-0.4, -0.2) is 16.1 Å². The summed E-state index contributed by atoms with van der Waals surface area (Å²) in [6, 6.07) is 17.8. The average Bonchev–Trinajstić information content (AvgIpc) is 2.54. The Morgan fingerprint density at radius 3 is 2.36 bits per heavy atom. The van der Waals surface area contributed by atoms with Crippen LogP contribution in [0.4, 0.5) is 0 Å². The van der Waals surface area contributed by atoms with Gasteiger partial charge in [-0.15, -0.1) is 0 Å². The second-order valence-corrected chi connectivity index (χ2v) is 5.92. The first-order valence-electron chi connectivity index (χ1n) is 7.17. The van der Waals surface area contributed by atoms with Gasteiger partial charge in [0.2, 0.25) is 0 Å². The van der Waals surface area contributed by atoms with Crippen molar-refractivity contribution in [2.24, 2.45) is 0 Å². The van der Waals surface area contributed by atoms with Crippen LogP contribution in [0.1, 0.15) is 19.4 Å². The lowest BCUT2D eigenvalue weighted by molar-refractivity contribution is -0.142. The van der Waals surface area contributed by atoms with E-state index in [9.17, 15) is 9.90 Å². The molecule has 0 spiro atoms. The minimum Gasteiger partial charge on any atom is -0.481 e. The molecule has 2 aromatic carbocycles. The Bertz CT molecular complexity index is 835. The minimum absolute atomic E-state index is 0.797. The van der Waals surface area contributed by atoms with E-state index in [1.54, 1.807) is 20.0 Å². The Kier molecular flexibility index (Phi) is 3.41. The van der Waals surface area contributed by atoms with Gasteiger partial charge in [-0.2, -0.15) is 0 Å². The van der Waals surface area contributed by atoms with Gasteiger partial charge < -0.3 is 5.11 Å². The molecule has 1 N–H and O–H groups in total. The molecule has 0 amide bonds. The third-order valence-electron chi connectivity index (χ3n) is 4.08. The highest BCUT2D eigenvalue weighted by molar-refractivity contribution is 5.85. The summed E-state index contributed by atoms with van der Waals surface area (Å²) in [6.07, 6.45) is 1.78.